The van der Waals surface area contributed by atoms with Crippen molar-refractivity contribution in [1.29, 1.82) is 5.26 Å². The Morgan fingerprint density at radius 1 is 0.967 bits per heavy atom. The zero-order valence-corrected chi connectivity index (χ0v) is 17.1. The summed E-state index contributed by atoms with van der Waals surface area (Å²) in [4.78, 5) is 12.2. The molecule has 0 unspecified atom stereocenters. The molecule has 0 heterocycles. The number of benzene rings is 3. The quantitative estimate of drug-likeness (QED) is 0.403. The molecule has 0 aromatic heterocycles. The van der Waals surface area contributed by atoms with Gasteiger partial charge in [0, 0.05) is 17.1 Å². The zero-order chi connectivity index (χ0) is 21.0. The lowest BCUT2D eigenvalue weighted by atomic mass is 10.1. The molecule has 1 N–H and O–H groups in total. The molecule has 150 valence electrons. The van der Waals surface area contributed by atoms with Gasteiger partial charge in [-0.25, -0.2) is 5.43 Å². The molecule has 0 atom stereocenters. The van der Waals surface area contributed by atoms with Crippen molar-refractivity contribution >= 4 is 23.9 Å². The van der Waals surface area contributed by atoms with Crippen LogP contribution in [-0.4, -0.2) is 18.7 Å². The summed E-state index contributed by atoms with van der Waals surface area (Å²) in [6.07, 6.45) is 1.56. The highest BCUT2D eigenvalue weighted by atomic mass is 32.2. The lowest BCUT2D eigenvalue weighted by molar-refractivity contribution is 0.0955. The fraction of sp³-hybridized carbons (Fsp3) is 0.125. The van der Waals surface area contributed by atoms with Crippen molar-refractivity contribution in [3.8, 4) is 11.8 Å². The molecule has 0 spiro atoms. The third-order valence-electron chi connectivity index (χ3n) is 4.16. The van der Waals surface area contributed by atoms with Crippen molar-refractivity contribution in [2.45, 2.75) is 11.5 Å². The van der Waals surface area contributed by atoms with E-state index in [1.807, 2.05) is 60.3 Å². The normalized spacial score (nSPS) is 10.5. The highest BCUT2D eigenvalue weighted by Gasteiger charge is 2.04. The van der Waals surface area contributed by atoms with E-state index in [2.05, 4.69) is 22.7 Å². The first kappa shape index (κ1) is 21.2. The molecule has 0 bridgehead atoms. The molecular formula is C24H21N3O2S. The number of hydrazone groups is 1. The lowest BCUT2D eigenvalue weighted by Gasteiger charge is -2.04. The topological polar surface area (TPSA) is 74.5 Å². The van der Waals surface area contributed by atoms with Gasteiger partial charge in [0.05, 0.1) is 6.21 Å². The Balaban J connectivity index is 1.45. The van der Waals surface area contributed by atoms with Gasteiger partial charge in [0.15, 0.2) is 6.61 Å². The molecule has 3 rings (SSSR count). The summed E-state index contributed by atoms with van der Waals surface area (Å²) in [5, 5.41) is 12.5. The smallest absolute Gasteiger partial charge is 0.271 e. The summed E-state index contributed by atoms with van der Waals surface area (Å²) < 4.78 is 5.19. The van der Waals surface area contributed by atoms with Crippen LogP contribution in [0, 0.1) is 11.3 Å². The predicted octanol–water partition coefficient (Wildman–Crippen LogP) is 4.79. The van der Waals surface area contributed by atoms with E-state index < -0.39 is 0 Å². The minimum atomic E-state index is -0.260. The number of nitriles is 1. The first-order valence-corrected chi connectivity index (χ1v) is 10.5. The first-order valence-electron chi connectivity index (χ1n) is 9.38. The molecule has 0 aliphatic heterocycles. The minimum Gasteiger partial charge on any atom is -0.479 e. The van der Waals surface area contributed by atoms with Gasteiger partial charge < -0.3 is 4.74 Å². The van der Waals surface area contributed by atoms with Crippen molar-refractivity contribution < 1.29 is 9.53 Å². The number of nitrogens with one attached hydrogen (secondary N) is 1. The van der Waals surface area contributed by atoms with Gasteiger partial charge >= 0.3 is 0 Å². The molecule has 0 saturated heterocycles. The number of thioether (sulfide) groups is 1. The average molecular weight is 416 g/mol. The molecular weight excluding hydrogens is 394 g/mol. The van der Waals surface area contributed by atoms with Crippen molar-refractivity contribution in [2.75, 3.05) is 6.61 Å². The van der Waals surface area contributed by atoms with Crippen molar-refractivity contribution in [2.24, 2.45) is 5.10 Å². The number of hydrogen-bond acceptors (Lipinski definition) is 5. The van der Waals surface area contributed by atoms with Crippen LogP contribution in [0.3, 0.4) is 0 Å². The summed E-state index contributed by atoms with van der Waals surface area (Å²) in [7, 11) is 0. The second kappa shape index (κ2) is 11.4. The van der Waals surface area contributed by atoms with Gasteiger partial charge in [0.2, 0.25) is 0 Å². The van der Waals surface area contributed by atoms with E-state index in [9.17, 15) is 4.79 Å². The summed E-state index contributed by atoms with van der Waals surface area (Å²) >= 11 is 1.84. The van der Waals surface area contributed by atoms with E-state index in [-0.39, 0.29) is 12.5 Å². The molecule has 0 aliphatic rings. The van der Waals surface area contributed by atoms with Crippen LogP contribution in [0.25, 0.3) is 0 Å². The Bertz CT molecular complexity index is 1010. The Morgan fingerprint density at radius 2 is 1.63 bits per heavy atom. The molecule has 0 aliphatic carbocycles. The number of nitrogens with zero attached hydrogens (tertiary/aromatic N) is 2. The number of hydrogen-bond donors (Lipinski definition) is 1. The molecule has 0 radical (unpaired) electrons. The second-order valence-corrected chi connectivity index (χ2v) is 7.38. The monoisotopic (exact) mass is 415 g/mol. The zero-order valence-electron chi connectivity index (χ0n) is 16.3. The van der Waals surface area contributed by atoms with Crippen LogP contribution in [0.1, 0.15) is 27.0 Å². The Morgan fingerprint density at radius 3 is 2.30 bits per heavy atom. The third kappa shape index (κ3) is 6.80. The Labute approximate surface area is 180 Å². The maximum atomic E-state index is 12.2. The first-order chi connectivity index (χ1) is 14.7. The highest BCUT2D eigenvalue weighted by molar-refractivity contribution is 7.97. The van der Waals surface area contributed by atoms with Crippen LogP contribution in [-0.2, 0) is 11.5 Å². The molecule has 1 amide bonds. The van der Waals surface area contributed by atoms with E-state index in [0.29, 0.717) is 11.3 Å². The van der Waals surface area contributed by atoms with Gasteiger partial charge in [-0.2, -0.15) is 22.1 Å². The van der Waals surface area contributed by atoms with Crippen LogP contribution in [0.2, 0.25) is 0 Å². The second-order valence-electron chi connectivity index (χ2n) is 6.39. The van der Waals surface area contributed by atoms with Crippen LogP contribution in [0.5, 0.6) is 5.75 Å². The van der Waals surface area contributed by atoms with E-state index in [1.165, 1.54) is 11.1 Å². The summed E-state index contributed by atoms with van der Waals surface area (Å²) in [5.74, 6) is 2.20. The summed E-state index contributed by atoms with van der Waals surface area (Å²) in [5.41, 5.74) is 6.38. The number of carbonyl (C=O) groups is 1. The maximum Gasteiger partial charge on any atom is 0.271 e. The van der Waals surface area contributed by atoms with Gasteiger partial charge in [-0.15, -0.1) is 0 Å². The Kier molecular flexibility index (Phi) is 8.07. The van der Waals surface area contributed by atoms with Gasteiger partial charge in [0.1, 0.15) is 11.8 Å². The van der Waals surface area contributed by atoms with Gasteiger partial charge in [-0.3, -0.25) is 4.79 Å². The predicted molar refractivity (Wildman–Crippen MR) is 120 cm³/mol. The fourth-order valence-corrected chi connectivity index (χ4v) is 3.57. The molecule has 0 fully saturated rings. The van der Waals surface area contributed by atoms with Crippen LogP contribution >= 0.6 is 11.8 Å². The third-order valence-corrected chi connectivity index (χ3v) is 5.23. The number of ether oxygens (including phenoxy) is 1. The van der Waals surface area contributed by atoms with Crippen molar-refractivity contribution in [3.05, 3.63) is 101 Å². The largest absolute Gasteiger partial charge is 0.479 e. The summed E-state index contributed by atoms with van der Waals surface area (Å²) in [6, 6.07) is 26.9. The van der Waals surface area contributed by atoms with Gasteiger partial charge in [-0.05, 0) is 53.1 Å². The van der Waals surface area contributed by atoms with E-state index in [1.54, 1.807) is 30.5 Å². The number of carbonyl (C=O) groups excluding carboxylic acids is 1. The minimum absolute atomic E-state index is 0.00793. The molecule has 3 aromatic rings. The van der Waals surface area contributed by atoms with Crippen molar-refractivity contribution in [3.63, 3.8) is 0 Å². The number of amides is 1. The van der Waals surface area contributed by atoms with Gasteiger partial charge in [0.25, 0.3) is 5.91 Å². The molecule has 30 heavy (non-hydrogen) atoms. The maximum absolute atomic E-state index is 12.2. The SMILES string of the molecule is N#CCOc1ccc(C=NNC(=O)c2ccc(CSCc3ccccc3)cc2)cc1. The highest BCUT2D eigenvalue weighted by Crippen LogP contribution is 2.18. The van der Waals surface area contributed by atoms with Crippen LogP contribution in [0.15, 0.2) is 84.0 Å². The van der Waals surface area contributed by atoms with E-state index in [0.717, 1.165) is 17.1 Å². The molecule has 0 saturated carbocycles. The Hall–Kier alpha value is -3.56. The molecule has 3 aromatic carbocycles. The van der Waals surface area contributed by atoms with E-state index in [4.69, 9.17) is 10.00 Å². The lowest BCUT2D eigenvalue weighted by Crippen LogP contribution is -2.17. The van der Waals surface area contributed by atoms with Crippen LogP contribution in [0.4, 0.5) is 0 Å². The average Bonchev–Trinajstić information content (AvgIpc) is 2.79. The van der Waals surface area contributed by atoms with Crippen molar-refractivity contribution in [1.82, 2.24) is 5.43 Å². The van der Waals surface area contributed by atoms with Gasteiger partial charge in [-0.1, -0.05) is 42.5 Å². The number of rotatable bonds is 9. The van der Waals surface area contributed by atoms with Crippen LogP contribution < -0.4 is 10.2 Å². The molecule has 6 heteroatoms. The summed E-state index contributed by atoms with van der Waals surface area (Å²) in [6.45, 7) is 0.00793. The molecule has 5 nitrogen and oxygen atoms in total. The fourth-order valence-electron chi connectivity index (χ4n) is 2.61. The standard InChI is InChI=1S/C24H21N3O2S/c25-14-15-29-23-12-8-19(9-13-23)16-26-27-24(28)22-10-6-21(7-11-22)18-30-17-20-4-2-1-3-5-20/h1-13,16H,15,17-18H2,(H,27,28). The van der Waals surface area contributed by atoms with E-state index >= 15 is 0 Å².